The van der Waals surface area contributed by atoms with E-state index in [-0.39, 0.29) is 6.10 Å². The molecule has 0 amide bonds. The summed E-state index contributed by atoms with van der Waals surface area (Å²) in [6.45, 7) is 0. The van der Waals surface area contributed by atoms with Crippen molar-refractivity contribution in [2.75, 3.05) is 0 Å². The van der Waals surface area contributed by atoms with Crippen LogP contribution in [0.25, 0.3) is 0 Å². The number of aryl methyl sites for hydroxylation is 1. The van der Waals surface area contributed by atoms with Crippen molar-refractivity contribution in [1.29, 1.82) is 0 Å². The molecule has 0 heterocycles. The van der Waals surface area contributed by atoms with Crippen LogP contribution in [0.3, 0.4) is 0 Å². The van der Waals surface area contributed by atoms with Crippen molar-refractivity contribution in [1.82, 2.24) is 0 Å². The van der Waals surface area contributed by atoms with Crippen LogP contribution in [0.5, 0.6) is 5.75 Å². The highest BCUT2D eigenvalue weighted by Crippen LogP contribution is 2.34. The summed E-state index contributed by atoms with van der Waals surface area (Å²) in [5, 5.41) is 0. The quantitative estimate of drug-likeness (QED) is 0.871. The minimum absolute atomic E-state index is 0.0930. The Kier molecular flexibility index (Phi) is 3.70. The molecule has 1 unspecified atom stereocenters. The Balaban J connectivity index is 1.92. The number of hydrogen-bond donors (Lipinski definition) is 1. The molecule has 0 saturated heterocycles. The van der Waals surface area contributed by atoms with Crippen LogP contribution in [-0.2, 0) is 6.42 Å². The number of para-hydroxylation sites is 1. The van der Waals surface area contributed by atoms with E-state index < -0.39 is 0 Å². The van der Waals surface area contributed by atoms with E-state index in [4.69, 9.17) is 22.7 Å². The summed E-state index contributed by atoms with van der Waals surface area (Å²) in [6.07, 6.45) is 3.41. The van der Waals surface area contributed by atoms with Gasteiger partial charge < -0.3 is 10.5 Å². The van der Waals surface area contributed by atoms with E-state index in [1.54, 1.807) is 0 Å². The molecular formula is C17H17NOS. The van der Waals surface area contributed by atoms with Crippen LogP contribution < -0.4 is 10.5 Å². The highest BCUT2D eigenvalue weighted by atomic mass is 32.1. The van der Waals surface area contributed by atoms with E-state index in [0.29, 0.717) is 4.99 Å². The minimum atomic E-state index is 0.0930. The van der Waals surface area contributed by atoms with Gasteiger partial charge >= 0.3 is 0 Å². The Hall–Kier alpha value is -1.87. The highest BCUT2D eigenvalue weighted by molar-refractivity contribution is 7.80. The van der Waals surface area contributed by atoms with E-state index in [1.165, 1.54) is 11.1 Å². The zero-order chi connectivity index (χ0) is 13.9. The van der Waals surface area contributed by atoms with Gasteiger partial charge in [-0.2, -0.15) is 0 Å². The highest BCUT2D eigenvalue weighted by Gasteiger charge is 2.22. The number of thiocarbonyl (C=S) groups is 1. The average Bonchev–Trinajstić information content (AvgIpc) is 2.48. The molecule has 1 aliphatic carbocycles. The maximum absolute atomic E-state index is 6.21. The van der Waals surface area contributed by atoms with Crippen LogP contribution in [-0.4, -0.2) is 4.99 Å². The van der Waals surface area contributed by atoms with Gasteiger partial charge in [0.2, 0.25) is 0 Å². The van der Waals surface area contributed by atoms with Crippen LogP contribution in [0.1, 0.15) is 35.6 Å². The zero-order valence-corrected chi connectivity index (χ0v) is 12.0. The molecule has 0 bridgehead atoms. The van der Waals surface area contributed by atoms with E-state index in [1.807, 2.05) is 24.3 Å². The normalized spacial score (nSPS) is 17.3. The largest absolute Gasteiger partial charge is 0.485 e. The SMILES string of the molecule is NC(=S)c1ccccc1OC1CCCc2ccccc21. The molecular weight excluding hydrogens is 266 g/mol. The standard InChI is InChI=1S/C17H17NOS/c18-17(20)14-9-3-4-10-16(14)19-15-11-5-7-12-6-1-2-8-13(12)15/h1-4,6,8-10,15H,5,7,11H2,(H2,18,20). The molecule has 2 aromatic rings. The van der Waals surface area contributed by atoms with Gasteiger partial charge in [0.25, 0.3) is 0 Å². The van der Waals surface area contributed by atoms with E-state index in [9.17, 15) is 0 Å². The number of nitrogens with two attached hydrogens (primary N) is 1. The van der Waals surface area contributed by atoms with Gasteiger partial charge in [-0.15, -0.1) is 0 Å². The first-order valence-electron chi connectivity index (χ1n) is 6.89. The number of hydrogen-bond acceptors (Lipinski definition) is 2. The lowest BCUT2D eigenvalue weighted by molar-refractivity contribution is 0.183. The lowest BCUT2D eigenvalue weighted by Crippen LogP contribution is -2.17. The molecule has 0 aromatic heterocycles. The lowest BCUT2D eigenvalue weighted by Gasteiger charge is -2.27. The predicted molar refractivity (Wildman–Crippen MR) is 85.1 cm³/mol. The Morgan fingerprint density at radius 3 is 2.70 bits per heavy atom. The summed E-state index contributed by atoms with van der Waals surface area (Å²) < 4.78 is 6.21. The van der Waals surface area contributed by atoms with Gasteiger partial charge in [-0.3, -0.25) is 0 Å². The van der Waals surface area contributed by atoms with Crippen molar-refractivity contribution in [3.63, 3.8) is 0 Å². The molecule has 0 radical (unpaired) electrons. The Bertz CT molecular complexity index is 638. The maximum atomic E-state index is 6.21. The second-order valence-corrected chi connectivity index (χ2v) is 5.50. The third kappa shape index (κ3) is 2.54. The first kappa shape index (κ1) is 13.1. The Morgan fingerprint density at radius 2 is 1.85 bits per heavy atom. The minimum Gasteiger partial charge on any atom is -0.485 e. The third-order valence-electron chi connectivity index (χ3n) is 3.74. The van der Waals surface area contributed by atoms with Crippen molar-refractivity contribution in [3.8, 4) is 5.75 Å². The molecule has 0 aliphatic heterocycles. The summed E-state index contributed by atoms with van der Waals surface area (Å²) in [6, 6.07) is 16.2. The van der Waals surface area contributed by atoms with Gasteiger partial charge in [-0.25, -0.2) is 0 Å². The number of fused-ring (bicyclic) bond motifs is 1. The third-order valence-corrected chi connectivity index (χ3v) is 3.96. The summed E-state index contributed by atoms with van der Waals surface area (Å²) in [5.41, 5.74) is 9.25. The van der Waals surface area contributed by atoms with Crippen molar-refractivity contribution >= 4 is 17.2 Å². The fourth-order valence-electron chi connectivity index (χ4n) is 2.76. The molecule has 2 N–H and O–H groups in total. The molecule has 0 spiro atoms. The molecule has 20 heavy (non-hydrogen) atoms. The molecule has 1 atom stereocenters. The lowest BCUT2D eigenvalue weighted by atomic mass is 9.89. The molecule has 102 valence electrons. The zero-order valence-electron chi connectivity index (χ0n) is 11.2. The summed E-state index contributed by atoms with van der Waals surface area (Å²) >= 11 is 5.09. The van der Waals surface area contributed by atoms with Gasteiger partial charge in [-0.05, 0) is 42.5 Å². The summed E-state index contributed by atoms with van der Waals surface area (Å²) in [4.78, 5) is 0.379. The van der Waals surface area contributed by atoms with Gasteiger partial charge in [0.15, 0.2) is 0 Å². The second-order valence-electron chi connectivity index (χ2n) is 5.06. The summed E-state index contributed by atoms with van der Waals surface area (Å²) in [7, 11) is 0. The number of rotatable bonds is 3. The van der Waals surface area contributed by atoms with Crippen LogP contribution in [0.4, 0.5) is 0 Å². The van der Waals surface area contributed by atoms with Crippen molar-refractivity contribution in [2.45, 2.75) is 25.4 Å². The number of ether oxygens (including phenoxy) is 1. The fraction of sp³-hybridized carbons (Fsp3) is 0.235. The van der Waals surface area contributed by atoms with Gasteiger partial charge in [0.05, 0.1) is 5.56 Å². The van der Waals surface area contributed by atoms with Crippen LogP contribution in [0.15, 0.2) is 48.5 Å². The van der Waals surface area contributed by atoms with E-state index in [2.05, 4.69) is 24.3 Å². The molecule has 3 heteroatoms. The van der Waals surface area contributed by atoms with Gasteiger partial charge in [-0.1, -0.05) is 48.6 Å². The molecule has 3 rings (SSSR count). The molecule has 0 saturated carbocycles. The first-order valence-corrected chi connectivity index (χ1v) is 7.30. The average molecular weight is 283 g/mol. The predicted octanol–water partition coefficient (Wildman–Crippen LogP) is 3.78. The van der Waals surface area contributed by atoms with Crippen molar-refractivity contribution < 1.29 is 4.74 Å². The molecule has 2 nitrogen and oxygen atoms in total. The van der Waals surface area contributed by atoms with Crippen LogP contribution >= 0.6 is 12.2 Å². The van der Waals surface area contributed by atoms with Crippen LogP contribution in [0.2, 0.25) is 0 Å². The topological polar surface area (TPSA) is 35.2 Å². The smallest absolute Gasteiger partial charge is 0.130 e. The molecule has 2 aromatic carbocycles. The van der Waals surface area contributed by atoms with Crippen molar-refractivity contribution in [3.05, 3.63) is 65.2 Å². The Morgan fingerprint density at radius 1 is 1.10 bits per heavy atom. The second kappa shape index (κ2) is 5.63. The van der Waals surface area contributed by atoms with Crippen molar-refractivity contribution in [2.24, 2.45) is 5.73 Å². The van der Waals surface area contributed by atoms with Crippen LogP contribution in [0, 0.1) is 0 Å². The monoisotopic (exact) mass is 283 g/mol. The van der Waals surface area contributed by atoms with Gasteiger partial charge in [0.1, 0.15) is 16.8 Å². The molecule has 0 fully saturated rings. The summed E-state index contributed by atoms with van der Waals surface area (Å²) in [5.74, 6) is 0.779. The Labute approximate surface area is 124 Å². The number of benzene rings is 2. The first-order chi connectivity index (χ1) is 9.75. The molecule has 1 aliphatic rings. The fourth-order valence-corrected chi connectivity index (χ4v) is 2.93. The van der Waals surface area contributed by atoms with Gasteiger partial charge in [0, 0.05) is 0 Å². The maximum Gasteiger partial charge on any atom is 0.130 e. The van der Waals surface area contributed by atoms with E-state index in [0.717, 1.165) is 30.6 Å². The van der Waals surface area contributed by atoms with E-state index >= 15 is 0 Å².